The summed E-state index contributed by atoms with van der Waals surface area (Å²) in [7, 11) is 0. The van der Waals surface area contributed by atoms with Crippen molar-refractivity contribution in [3.05, 3.63) is 62.8 Å². The van der Waals surface area contributed by atoms with Gasteiger partial charge in [0, 0.05) is 43.7 Å². The number of aromatic nitrogens is 1. The Kier molecular flexibility index (Phi) is 5.52. The molecule has 1 atom stereocenters. The third kappa shape index (κ3) is 3.92. The summed E-state index contributed by atoms with van der Waals surface area (Å²) in [5, 5.41) is 14.9. The minimum absolute atomic E-state index is 0.179. The van der Waals surface area contributed by atoms with E-state index < -0.39 is 65.3 Å². The predicted molar refractivity (Wildman–Crippen MR) is 120 cm³/mol. The normalized spacial score (nSPS) is 21.3. The Morgan fingerprint density at radius 3 is 2.66 bits per heavy atom. The van der Waals surface area contributed by atoms with Gasteiger partial charge in [0.1, 0.15) is 17.5 Å². The van der Waals surface area contributed by atoms with E-state index in [1.165, 1.54) is 27.9 Å². The number of halogens is 3. The first-order chi connectivity index (χ1) is 16.6. The molecular formula is C24H25F3N4O4. The number of alkyl halides is 2. The van der Waals surface area contributed by atoms with Crippen molar-refractivity contribution in [1.29, 1.82) is 0 Å². The van der Waals surface area contributed by atoms with Crippen molar-refractivity contribution in [1.82, 2.24) is 14.9 Å². The molecule has 1 aromatic carbocycles. The van der Waals surface area contributed by atoms with Crippen LogP contribution in [0.4, 0.5) is 13.2 Å². The number of rotatable bonds is 4. The third-order valence-corrected chi connectivity index (χ3v) is 7.00. The molecule has 0 unspecified atom stereocenters. The van der Waals surface area contributed by atoms with Crippen LogP contribution in [-0.2, 0) is 6.54 Å². The Morgan fingerprint density at radius 2 is 1.97 bits per heavy atom. The summed E-state index contributed by atoms with van der Waals surface area (Å²) < 4.78 is 42.6. The monoisotopic (exact) mass is 490 g/mol. The topological polar surface area (TPSA) is 94.9 Å². The summed E-state index contributed by atoms with van der Waals surface area (Å²) >= 11 is 0. The summed E-state index contributed by atoms with van der Waals surface area (Å²) in [6, 6.07) is 3.85. The van der Waals surface area contributed by atoms with Crippen LogP contribution < -0.4 is 15.8 Å². The van der Waals surface area contributed by atoms with E-state index in [0.717, 1.165) is 18.4 Å². The van der Waals surface area contributed by atoms with Gasteiger partial charge in [-0.25, -0.2) is 13.2 Å². The summed E-state index contributed by atoms with van der Waals surface area (Å²) in [6.07, 6.45) is 1.80. The fraction of sp³-hybridized carbons (Fsp3) is 0.458. The molecule has 2 amide bonds. The number of pyridine rings is 1. The predicted octanol–water partition coefficient (Wildman–Crippen LogP) is 2.63. The fourth-order valence-corrected chi connectivity index (χ4v) is 5.15. The second kappa shape index (κ2) is 8.31. The van der Waals surface area contributed by atoms with Crippen molar-refractivity contribution in [3.63, 3.8) is 0 Å². The van der Waals surface area contributed by atoms with Crippen LogP contribution in [0.1, 0.15) is 64.1 Å². The van der Waals surface area contributed by atoms with E-state index in [-0.39, 0.29) is 17.8 Å². The zero-order valence-corrected chi connectivity index (χ0v) is 19.1. The molecule has 0 spiro atoms. The van der Waals surface area contributed by atoms with Crippen LogP contribution >= 0.6 is 0 Å². The molecule has 5 rings (SSSR count). The van der Waals surface area contributed by atoms with Crippen molar-refractivity contribution in [2.24, 2.45) is 0 Å². The van der Waals surface area contributed by atoms with Crippen LogP contribution in [0.5, 0.6) is 5.75 Å². The fourth-order valence-electron chi connectivity index (χ4n) is 5.15. The Hall–Kier alpha value is -3.50. The second-order valence-corrected chi connectivity index (χ2v) is 9.46. The van der Waals surface area contributed by atoms with Crippen LogP contribution in [0.3, 0.4) is 0 Å². The lowest BCUT2D eigenvalue weighted by molar-refractivity contribution is -0.126. The van der Waals surface area contributed by atoms with Crippen molar-refractivity contribution < 1.29 is 27.9 Å². The Morgan fingerprint density at radius 1 is 1.23 bits per heavy atom. The molecule has 8 nitrogen and oxygen atoms in total. The van der Waals surface area contributed by atoms with Gasteiger partial charge in [0.05, 0.1) is 0 Å². The average Bonchev–Trinajstić information content (AvgIpc) is 2.79. The smallest absolute Gasteiger partial charge is 0.278 e. The number of amides is 2. The zero-order valence-electron chi connectivity index (χ0n) is 19.1. The maximum Gasteiger partial charge on any atom is 0.278 e. The van der Waals surface area contributed by atoms with E-state index in [2.05, 4.69) is 5.32 Å². The van der Waals surface area contributed by atoms with Gasteiger partial charge < -0.3 is 15.3 Å². The lowest BCUT2D eigenvalue weighted by Crippen LogP contribution is -2.68. The number of benzene rings is 1. The number of aryl methyl sites for hydroxylation is 1. The number of nitrogens with zero attached hydrogens (tertiary/aromatic N) is 3. The summed E-state index contributed by atoms with van der Waals surface area (Å²) in [5.74, 6) is -5.80. The molecule has 1 aliphatic carbocycles. The number of hydrogen-bond acceptors (Lipinski definition) is 5. The molecule has 0 bridgehead atoms. The maximum atomic E-state index is 14.1. The van der Waals surface area contributed by atoms with Gasteiger partial charge in [0.25, 0.3) is 17.7 Å². The molecule has 2 N–H and O–H groups in total. The van der Waals surface area contributed by atoms with Crippen LogP contribution in [0, 0.1) is 12.7 Å². The van der Waals surface area contributed by atoms with Crippen LogP contribution in [-0.4, -0.2) is 51.2 Å². The van der Waals surface area contributed by atoms with Crippen molar-refractivity contribution in [2.75, 3.05) is 11.6 Å². The lowest BCUT2D eigenvalue weighted by Gasteiger charge is -2.54. The van der Waals surface area contributed by atoms with Crippen LogP contribution in [0.25, 0.3) is 0 Å². The van der Waals surface area contributed by atoms with Gasteiger partial charge in [0.2, 0.25) is 5.43 Å². The average molecular weight is 490 g/mol. The molecule has 0 radical (unpaired) electrons. The van der Waals surface area contributed by atoms with Gasteiger partial charge in [0.15, 0.2) is 11.4 Å². The van der Waals surface area contributed by atoms with Gasteiger partial charge >= 0.3 is 0 Å². The van der Waals surface area contributed by atoms with Crippen LogP contribution in [0.2, 0.25) is 0 Å². The quantitative estimate of drug-likeness (QED) is 0.687. The van der Waals surface area contributed by atoms with Crippen molar-refractivity contribution in [3.8, 4) is 5.75 Å². The molecule has 1 saturated heterocycles. The first kappa shape index (κ1) is 23.3. The number of fused-ring (bicyclic) bond motifs is 3. The molecule has 11 heteroatoms. The van der Waals surface area contributed by atoms with Gasteiger partial charge in [-0.2, -0.15) is 0 Å². The van der Waals surface area contributed by atoms with Gasteiger partial charge in [-0.05, 0) is 37.8 Å². The molecule has 3 heterocycles. The summed E-state index contributed by atoms with van der Waals surface area (Å²) in [4.78, 5) is 40.4. The number of carbonyl (C=O) groups is 2. The second-order valence-electron chi connectivity index (χ2n) is 9.46. The number of aromatic hydroxyl groups is 1. The van der Waals surface area contributed by atoms with Crippen molar-refractivity contribution >= 4 is 11.8 Å². The van der Waals surface area contributed by atoms with Gasteiger partial charge in [-0.1, -0.05) is 12.1 Å². The molecule has 2 aromatic rings. The van der Waals surface area contributed by atoms with Gasteiger partial charge in [-0.15, -0.1) is 0 Å². The van der Waals surface area contributed by atoms with Gasteiger partial charge in [-0.3, -0.25) is 24.1 Å². The first-order valence-corrected chi connectivity index (χ1v) is 11.6. The summed E-state index contributed by atoms with van der Waals surface area (Å²) in [5.41, 5.74) is -0.855. The van der Waals surface area contributed by atoms with E-state index in [1.54, 1.807) is 18.0 Å². The molecule has 1 saturated carbocycles. The van der Waals surface area contributed by atoms with E-state index in [9.17, 15) is 32.7 Å². The molecule has 35 heavy (non-hydrogen) atoms. The lowest BCUT2D eigenvalue weighted by atomic mass is 9.85. The molecule has 3 aliphatic rings. The van der Waals surface area contributed by atoms with E-state index >= 15 is 0 Å². The Balaban J connectivity index is 1.48. The highest BCUT2D eigenvalue weighted by Gasteiger charge is 2.54. The minimum atomic E-state index is -2.84. The molecular weight excluding hydrogens is 465 g/mol. The highest BCUT2D eigenvalue weighted by molar-refractivity contribution is 5.99. The number of carbonyl (C=O) groups excluding carboxylic acids is 2. The summed E-state index contributed by atoms with van der Waals surface area (Å²) in [6.45, 7) is 2.00. The molecule has 186 valence electrons. The SMILES string of the molecule is Cc1ccc(CNC(=O)c2cn3c(c(O)c2=O)C(=O)N(C2CC(F)(F)C2)[C@@H]2CCCCN23)c(F)c1. The number of piperidine rings is 1. The highest BCUT2D eigenvalue weighted by Crippen LogP contribution is 2.44. The number of nitrogens with one attached hydrogen (secondary N) is 1. The minimum Gasteiger partial charge on any atom is -0.502 e. The van der Waals surface area contributed by atoms with Crippen molar-refractivity contribution in [2.45, 2.75) is 63.7 Å². The first-order valence-electron chi connectivity index (χ1n) is 11.6. The molecule has 1 aromatic heterocycles. The molecule has 2 aliphatic heterocycles. The third-order valence-electron chi connectivity index (χ3n) is 7.00. The van der Waals surface area contributed by atoms with E-state index in [4.69, 9.17) is 0 Å². The zero-order chi connectivity index (χ0) is 25.1. The van der Waals surface area contributed by atoms with E-state index in [0.29, 0.717) is 13.0 Å². The Bertz CT molecular complexity index is 1270. The highest BCUT2D eigenvalue weighted by atomic mass is 19.3. The maximum absolute atomic E-state index is 14.1. The Labute approximate surface area is 198 Å². The largest absolute Gasteiger partial charge is 0.502 e. The molecule has 2 fully saturated rings. The standard InChI is InChI=1S/C24H25F3N4O4/c1-13-5-6-14(17(25)8-13)11-28-22(34)16-12-30-19(21(33)20(16)32)23(35)31(15-9-24(26,27)10-15)18-4-2-3-7-29(18)30/h5-6,8,12,15,18,33H,2-4,7,9-11H2,1H3,(H,28,34)/t18-/m1/s1. The van der Waals surface area contributed by atoms with E-state index in [1.807, 2.05) is 0 Å². The number of hydrogen-bond donors (Lipinski definition) is 2. The van der Waals surface area contributed by atoms with Crippen LogP contribution in [0.15, 0.2) is 29.2 Å².